The summed E-state index contributed by atoms with van der Waals surface area (Å²) >= 11 is 0. The summed E-state index contributed by atoms with van der Waals surface area (Å²) in [4.78, 5) is 23.1. The van der Waals surface area contributed by atoms with Crippen LogP contribution in [0.15, 0.2) is 29.2 Å². The molecule has 0 radical (unpaired) electrons. The highest BCUT2D eigenvalue weighted by atomic mass is 32.2. The van der Waals surface area contributed by atoms with Gasteiger partial charge in [-0.3, -0.25) is 4.79 Å². The first-order chi connectivity index (χ1) is 10.7. The molecule has 0 saturated carbocycles. The fourth-order valence-electron chi connectivity index (χ4n) is 1.98. The third kappa shape index (κ3) is 5.65. The third-order valence-corrected chi connectivity index (χ3v) is 4.74. The normalized spacial score (nSPS) is 12.9. The molecular weight excluding hydrogens is 320 g/mol. The van der Waals surface area contributed by atoms with Crippen molar-refractivity contribution >= 4 is 21.9 Å². The predicted octanol–water partition coefficient (Wildman–Crippen LogP) is 0.753. The summed E-state index contributed by atoms with van der Waals surface area (Å²) in [6.45, 7) is 5.39. The van der Waals surface area contributed by atoms with Crippen molar-refractivity contribution in [2.75, 3.05) is 6.54 Å². The summed E-state index contributed by atoms with van der Waals surface area (Å²) in [7, 11) is -3.53. The van der Waals surface area contributed by atoms with E-state index < -0.39 is 27.9 Å². The van der Waals surface area contributed by atoms with E-state index in [4.69, 9.17) is 5.11 Å². The van der Waals surface area contributed by atoms with Crippen molar-refractivity contribution < 1.29 is 23.1 Å². The molecule has 1 atom stereocenters. The maximum atomic E-state index is 11.9. The zero-order valence-corrected chi connectivity index (χ0v) is 14.2. The van der Waals surface area contributed by atoms with E-state index in [1.165, 1.54) is 24.3 Å². The highest BCUT2D eigenvalue weighted by Gasteiger charge is 2.23. The van der Waals surface area contributed by atoms with Crippen LogP contribution in [-0.4, -0.2) is 38.0 Å². The van der Waals surface area contributed by atoms with Crippen molar-refractivity contribution in [1.29, 1.82) is 0 Å². The van der Waals surface area contributed by atoms with Crippen molar-refractivity contribution in [3.63, 3.8) is 0 Å². The molecule has 0 aromatic heterocycles. The van der Waals surface area contributed by atoms with Gasteiger partial charge in [0.05, 0.1) is 11.3 Å². The Morgan fingerprint density at radius 2 is 1.74 bits per heavy atom. The maximum Gasteiger partial charge on any atom is 0.326 e. The smallest absolute Gasteiger partial charge is 0.326 e. The van der Waals surface area contributed by atoms with Gasteiger partial charge >= 0.3 is 5.97 Å². The standard InChI is InChI=1S/C15H22N2O5S/c1-4-16-23(21,22)12-7-5-11(6-8-12)9-13(18)17-14(10(2)3)15(19)20/h5-8,10,14,16H,4,9H2,1-3H3,(H,17,18)(H,19,20)/t14-/m1/s1. The van der Waals surface area contributed by atoms with Crippen LogP contribution in [0.2, 0.25) is 0 Å². The highest BCUT2D eigenvalue weighted by molar-refractivity contribution is 7.89. The summed E-state index contributed by atoms with van der Waals surface area (Å²) in [6, 6.07) is 4.95. The number of sulfonamides is 1. The number of carboxylic acids is 1. The molecule has 1 aromatic rings. The van der Waals surface area contributed by atoms with E-state index in [-0.39, 0.29) is 23.8 Å². The number of rotatable bonds is 8. The average Bonchev–Trinajstić information content (AvgIpc) is 2.44. The Bertz CT molecular complexity index is 653. The third-order valence-electron chi connectivity index (χ3n) is 3.18. The number of hydrogen-bond donors (Lipinski definition) is 3. The first-order valence-corrected chi connectivity index (χ1v) is 8.76. The molecule has 128 valence electrons. The van der Waals surface area contributed by atoms with Gasteiger partial charge in [0.15, 0.2) is 0 Å². The second kappa shape index (κ2) is 8.07. The molecule has 0 fully saturated rings. The Balaban J connectivity index is 2.75. The van der Waals surface area contributed by atoms with E-state index in [1.807, 2.05) is 0 Å². The van der Waals surface area contributed by atoms with E-state index in [9.17, 15) is 18.0 Å². The van der Waals surface area contributed by atoms with Gasteiger partial charge < -0.3 is 10.4 Å². The molecule has 0 spiro atoms. The average molecular weight is 342 g/mol. The maximum absolute atomic E-state index is 11.9. The topological polar surface area (TPSA) is 113 Å². The molecule has 0 aliphatic heterocycles. The van der Waals surface area contributed by atoms with Crippen molar-refractivity contribution in [3.05, 3.63) is 29.8 Å². The molecule has 1 aromatic carbocycles. The van der Waals surface area contributed by atoms with Crippen LogP contribution >= 0.6 is 0 Å². The Hall–Kier alpha value is -1.93. The highest BCUT2D eigenvalue weighted by Crippen LogP contribution is 2.11. The number of nitrogens with one attached hydrogen (secondary N) is 2. The minimum absolute atomic E-state index is 0.0158. The Morgan fingerprint density at radius 1 is 1.17 bits per heavy atom. The number of carboxylic acid groups (broad SMARTS) is 1. The number of amides is 1. The SMILES string of the molecule is CCNS(=O)(=O)c1ccc(CC(=O)N[C@@H](C(=O)O)C(C)C)cc1. The Morgan fingerprint density at radius 3 is 2.17 bits per heavy atom. The minimum atomic E-state index is -3.53. The van der Waals surface area contributed by atoms with Crippen molar-refractivity contribution in [1.82, 2.24) is 10.0 Å². The van der Waals surface area contributed by atoms with Gasteiger partial charge in [-0.2, -0.15) is 0 Å². The molecule has 0 saturated heterocycles. The van der Waals surface area contributed by atoms with Crippen LogP contribution in [0.5, 0.6) is 0 Å². The van der Waals surface area contributed by atoms with E-state index >= 15 is 0 Å². The first-order valence-electron chi connectivity index (χ1n) is 7.28. The monoisotopic (exact) mass is 342 g/mol. The van der Waals surface area contributed by atoms with Crippen molar-refractivity contribution in [2.24, 2.45) is 5.92 Å². The van der Waals surface area contributed by atoms with E-state index in [2.05, 4.69) is 10.0 Å². The molecule has 0 bridgehead atoms. The molecule has 1 rings (SSSR count). The predicted molar refractivity (Wildman–Crippen MR) is 85.4 cm³/mol. The fraction of sp³-hybridized carbons (Fsp3) is 0.467. The molecule has 0 heterocycles. The second-order valence-corrected chi connectivity index (χ2v) is 7.22. The molecular formula is C15H22N2O5S. The lowest BCUT2D eigenvalue weighted by Gasteiger charge is -2.17. The van der Waals surface area contributed by atoms with Crippen LogP contribution in [0.3, 0.4) is 0 Å². The van der Waals surface area contributed by atoms with Crippen LogP contribution in [0, 0.1) is 5.92 Å². The molecule has 23 heavy (non-hydrogen) atoms. The molecule has 0 unspecified atom stereocenters. The van der Waals surface area contributed by atoms with Gasteiger partial charge in [0.25, 0.3) is 0 Å². The van der Waals surface area contributed by atoms with Crippen LogP contribution in [-0.2, 0) is 26.0 Å². The van der Waals surface area contributed by atoms with E-state index in [0.717, 1.165) is 0 Å². The zero-order valence-electron chi connectivity index (χ0n) is 13.4. The van der Waals surface area contributed by atoms with Gasteiger partial charge in [-0.15, -0.1) is 0 Å². The molecule has 7 nitrogen and oxygen atoms in total. The lowest BCUT2D eigenvalue weighted by Crippen LogP contribution is -2.44. The lowest BCUT2D eigenvalue weighted by atomic mass is 10.0. The van der Waals surface area contributed by atoms with Crippen molar-refractivity contribution in [3.8, 4) is 0 Å². The van der Waals surface area contributed by atoms with Crippen LogP contribution in [0.4, 0.5) is 0 Å². The van der Waals surface area contributed by atoms with Gasteiger partial charge in [-0.1, -0.05) is 32.9 Å². The summed E-state index contributed by atoms with van der Waals surface area (Å²) < 4.78 is 26.0. The number of aliphatic carboxylic acids is 1. The second-order valence-electron chi connectivity index (χ2n) is 5.45. The molecule has 0 aliphatic carbocycles. The van der Waals surface area contributed by atoms with Crippen molar-refractivity contribution in [2.45, 2.75) is 38.1 Å². The quantitative estimate of drug-likeness (QED) is 0.645. The first kappa shape index (κ1) is 19.1. The minimum Gasteiger partial charge on any atom is -0.480 e. The molecule has 0 aliphatic rings. The summed E-state index contributed by atoms with van der Waals surface area (Å²) in [5.74, 6) is -1.74. The fourth-order valence-corrected chi connectivity index (χ4v) is 3.02. The summed E-state index contributed by atoms with van der Waals surface area (Å²) in [5.41, 5.74) is 0.603. The van der Waals surface area contributed by atoms with Gasteiger partial charge in [0, 0.05) is 6.54 Å². The van der Waals surface area contributed by atoms with Gasteiger partial charge in [-0.25, -0.2) is 17.9 Å². The largest absolute Gasteiger partial charge is 0.480 e. The summed E-state index contributed by atoms with van der Waals surface area (Å²) in [6.07, 6.45) is -0.0158. The molecule has 3 N–H and O–H groups in total. The van der Waals surface area contributed by atoms with E-state index in [1.54, 1.807) is 20.8 Å². The lowest BCUT2D eigenvalue weighted by molar-refractivity contribution is -0.143. The Kier molecular flexibility index (Phi) is 6.71. The van der Waals surface area contributed by atoms with E-state index in [0.29, 0.717) is 5.56 Å². The van der Waals surface area contributed by atoms with Crippen LogP contribution in [0.25, 0.3) is 0 Å². The zero-order chi connectivity index (χ0) is 17.6. The van der Waals surface area contributed by atoms with Crippen LogP contribution < -0.4 is 10.0 Å². The summed E-state index contributed by atoms with van der Waals surface area (Å²) in [5, 5.41) is 11.5. The van der Waals surface area contributed by atoms with Crippen LogP contribution in [0.1, 0.15) is 26.3 Å². The van der Waals surface area contributed by atoms with Gasteiger partial charge in [0.1, 0.15) is 6.04 Å². The number of hydrogen-bond acceptors (Lipinski definition) is 4. The molecule has 8 heteroatoms. The number of carbonyl (C=O) groups excluding carboxylic acids is 1. The Labute approximate surface area is 136 Å². The van der Waals surface area contributed by atoms with Gasteiger partial charge in [0.2, 0.25) is 15.9 Å². The number of carbonyl (C=O) groups is 2. The molecule has 1 amide bonds. The number of benzene rings is 1. The van der Waals surface area contributed by atoms with Gasteiger partial charge in [-0.05, 0) is 23.6 Å².